The van der Waals surface area contributed by atoms with Crippen LogP contribution in [0, 0.1) is 0 Å². The lowest BCUT2D eigenvalue weighted by atomic mass is 10.1. The Kier molecular flexibility index (Phi) is 6.48. The molecule has 4 nitrogen and oxygen atoms in total. The van der Waals surface area contributed by atoms with Crippen molar-refractivity contribution in [2.75, 3.05) is 13.8 Å². The number of ether oxygens (including phenoxy) is 1. The van der Waals surface area contributed by atoms with Gasteiger partial charge < -0.3 is 15.0 Å². The van der Waals surface area contributed by atoms with Crippen molar-refractivity contribution in [2.24, 2.45) is 0 Å². The predicted octanol–water partition coefficient (Wildman–Crippen LogP) is 3.82. The van der Waals surface area contributed by atoms with Crippen molar-refractivity contribution in [2.45, 2.75) is 26.3 Å². The molecule has 0 fully saturated rings. The first-order valence-corrected chi connectivity index (χ1v) is 7.93. The van der Waals surface area contributed by atoms with E-state index in [9.17, 15) is 4.79 Å². The van der Waals surface area contributed by atoms with Crippen molar-refractivity contribution in [3.63, 3.8) is 0 Å². The van der Waals surface area contributed by atoms with Gasteiger partial charge in [-0.1, -0.05) is 55.8 Å². The summed E-state index contributed by atoms with van der Waals surface area (Å²) in [4.78, 5) is 13.6. The van der Waals surface area contributed by atoms with Crippen LogP contribution in [-0.4, -0.2) is 24.7 Å². The summed E-state index contributed by atoms with van der Waals surface area (Å²) in [5, 5.41) is 2.76. The number of benzene rings is 2. The molecule has 0 radical (unpaired) electrons. The van der Waals surface area contributed by atoms with Crippen LogP contribution in [0.5, 0.6) is 5.75 Å². The maximum atomic E-state index is 12.0. The second-order valence-corrected chi connectivity index (χ2v) is 5.51. The molecule has 0 bridgehead atoms. The van der Waals surface area contributed by atoms with Crippen LogP contribution in [-0.2, 0) is 13.0 Å². The highest BCUT2D eigenvalue weighted by molar-refractivity contribution is 5.73. The first-order valence-electron chi connectivity index (χ1n) is 7.93. The van der Waals surface area contributed by atoms with Crippen molar-refractivity contribution in [1.29, 1.82) is 0 Å². The van der Waals surface area contributed by atoms with Crippen LogP contribution in [0.15, 0.2) is 54.6 Å². The van der Waals surface area contributed by atoms with Crippen molar-refractivity contribution >= 4 is 6.03 Å². The Hall–Kier alpha value is -2.49. The Morgan fingerprint density at radius 3 is 2.39 bits per heavy atom. The highest BCUT2D eigenvalue weighted by atomic mass is 16.5. The van der Waals surface area contributed by atoms with Gasteiger partial charge in [-0.05, 0) is 29.7 Å². The molecule has 2 rings (SSSR count). The number of urea groups is 1. The minimum absolute atomic E-state index is 0.156. The largest absolute Gasteiger partial charge is 0.473 e. The second kappa shape index (κ2) is 8.83. The van der Waals surface area contributed by atoms with E-state index in [2.05, 4.69) is 24.4 Å². The lowest BCUT2D eigenvalue weighted by Gasteiger charge is -2.18. The summed E-state index contributed by atoms with van der Waals surface area (Å²) in [5.74, 6) is 0.760. The monoisotopic (exact) mass is 312 g/mol. The van der Waals surface area contributed by atoms with Gasteiger partial charge in [-0.25, -0.2) is 4.79 Å². The van der Waals surface area contributed by atoms with Crippen LogP contribution in [0.3, 0.4) is 0 Å². The van der Waals surface area contributed by atoms with Gasteiger partial charge in [0, 0.05) is 13.6 Å². The molecular weight excluding hydrogens is 288 g/mol. The number of amides is 2. The fourth-order valence-corrected chi connectivity index (χ4v) is 2.29. The third-order valence-corrected chi connectivity index (χ3v) is 3.53. The summed E-state index contributed by atoms with van der Waals surface area (Å²) in [7, 11) is 1.77. The zero-order chi connectivity index (χ0) is 16.5. The second-order valence-electron chi connectivity index (χ2n) is 5.51. The molecule has 0 aliphatic carbocycles. The van der Waals surface area contributed by atoms with Gasteiger partial charge in [0.05, 0.1) is 0 Å². The summed E-state index contributed by atoms with van der Waals surface area (Å²) < 4.78 is 5.55. The van der Waals surface area contributed by atoms with Crippen molar-refractivity contribution < 1.29 is 9.53 Å². The molecule has 2 amide bonds. The number of hydrogen-bond donors (Lipinski definition) is 1. The van der Waals surface area contributed by atoms with E-state index in [1.54, 1.807) is 11.9 Å². The Bertz CT molecular complexity index is 597. The lowest BCUT2D eigenvalue weighted by molar-refractivity contribution is 0.192. The molecule has 0 aliphatic rings. The van der Waals surface area contributed by atoms with Crippen LogP contribution in [0.2, 0.25) is 0 Å². The molecule has 0 aromatic heterocycles. The van der Waals surface area contributed by atoms with Gasteiger partial charge in [-0.2, -0.15) is 0 Å². The fraction of sp³-hybridized carbons (Fsp3) is 0.316. The maximum absolute atomic E-state index is 12.0. The molecule has 0 heterocycles. The van der Waals surface area contributed by atoms with E-state index in [1.165, 1.54) is 5.56 Å². The first-order chi connectivity index (χ1) is 11.2. The summed E-state index contributed by atoms with van der Waals surface area (Å²) in [6, 6.07) is 17.7. The molecule has 1 N–H and O–H groups in total. The van der Waals surface area contributed by atoms with Crippen LogP contribution < -0.4 is 10.1 Å². The smallest absolute Gasteiger partial charge is 0.320 e. The number of hydrogen-bond acceptors (Lipinski definition) is 2. The van der Waals surface area contributed by atoms with E-state index < -0.39 is 0 Å². The molecular formula is C19H24N2O2. The fourth-order valence-electron chi connectivity index (χ4n) is 2.29. The molecule has 0 unspecified atom stereocenters. The summed E-state index contributed by atoms with van der Waals surface area (Å²) in [6.45, 7) is 2.88. The van der Waals surface area contributed by atoms with Gasteiger partial charge in [-0.3, -0.25) is 0 Å². The molecule has 2 aromatic rings. The number of nitrogens with zero attached hydrogens (tertiary/aromatic N) is 1. The molecule has 0 aliphatic heterocycles. The highest BCUT2D eigenvalue weighted by Gasteiger charge is 2.08. The van der Waals surface area contributed by atoms with Crippen LogP contribution in [0.4, 0.5) is 4.79 Å². The third kappa shape index (κ3) is 5.66. The number of carbonyl (C=O) groups is 1. The van der Waals surface area contributed by atoms with Gasteiger partial charge in [0.25, 0.3) is 0 Å². The van der Waals surface area contributed by atoms with E-state index in [4.69, 9.17) is 4.74 Å². The van der Waals surface area contributed by atoms with Gasteiger partial charge in [0.15, 0.2) is 6.73 Å². The average Bonchev–Trinajstić information content (AvgIpc) is 2.57. The first kappa shape index (κ1) is 16.9. The van der Waals surface area contributed by atoms with Crippen molar-refractivity contribution in [3.8, 4) is 5.75 Å². The highest BCUT2D eigenvalue weighted by Crippen LogP contribution is 2.13. The van der Waals surface area contributed by atoms with E-state index in [0.717, 1.165) is 24.2 Å². The topological polar surface area (TPSA) is 41.6 Å². The molecule has 0 saturated carbocycles. The van der Waals surface area contributed by atoms with Crippen LogP contribution in [0.1, 0.15) is 24.5 Å². The van der Waals surface area contributed by atoms with E-state index in [-0.39, 0.29) is 12.8 Å². The van der Waals surface area contributed by atoms with Crippen molar-refractivity contribution in [1.82, 2.24) is 10.2 Å². The van der Waals surface area contributed by atoms with E-state index in [0.29, 0.717) is 6.54 Å². The zero-order valence-electron chi connectivity index (χ0n) is 13.8. The number of carbonyl (C=O) groups excluding carboxylic acids is 1. The number of nitrogens with one attached hydrogen (secondary N) is 1. The molecule has 0 saturated heterocycles. The van der Waals surface area contributed by atoms with Crippen molar-refractivity contribution in [3.05, 3.63) is 65.7 Å². The Morgan fingerprint density at radius 1 is 1.04 bits per heavy atom. The maximum Gasteiger partial charge on any atom is 0.320 e. The summed E-state index contributed by atoms with van der Waals surface area (Å²) >= 11 is 0. The van der Waals surface area contributed by atoms with Gasteiger partial charge in [0.1, 0.15) is 5.75 Å². The third-order valence-electron chi connectivity index (χ3n) is 3.53. The zero-order valence-corrected chi connectivity index (χ0v) is 13.8. The molecule has 0 atom stereocenters. The van der Waals surface area contributed by atoms with Crippen LogP contribution >= 0.6 is 0 Å². The summed E-state index contributed by atoms with van der Waals surface area (Å²) in [5.41, 5.74) is 2.39. The lowest BCUT2D eigenvalue weighted by Crippen LogP contribution is -2.38. The minimum Gasteiger partial charge on any atom is -0.473 e. The molecule has 0 spiro atoms. The molecule has 4 heteroatoms. The SMILES string of the molecule is CCCc1ccc(OCNC(=O)N(C)Cc2ccccc2)cc1. The van der Waals surface area contributed by atoms with E-state index in [1.807, 2.05) is 42.5 Å². The molecule has 23 heavy (non-hydrogen) atoms. The van der Waals surface area contributed by atoms with Gasteiger partial charge in [0.2, 0.25) is 0 Å². The minimum atomic E-state index is -0.156. The van der Waals surface area contributed by atoms with Gasteiger partial charge >= 0.3 is 6.03 Å². The predicted molar refractivity (Wildman–Crippen MR) is 92.4 cm³/mol. The standard InChI is InChI=1S/C19H24N2O2/c1-3-7-16-10-12-18(13-11-16)23-15-20-19(22)21(2)14-17-8-5-4-6-9-17/h4-6,8-13H,3,7,14-15H2,1-2H3,(H,20,22). The van der Waals surface area contributed by atoms with E-state index >= 15 is 0 Å². The van der Waals surface area contributed by atoms with Gasteiger partial charge in [-0.15, -0.1) is 0 Å². The Morgan fingerprint density at radius 2 is 1.74 bits per heavy atom. The normalized spacial score (nSPS) is 10.2. The van der Waals surface area contributed by atoms with Crippen LogP contribution in [0.25, 0.3) is 0 Å². The number of rotatable bonds is 7. The number of aryl methyl sites for hydroxylation is 1. The Labute approximate surface area is 138 Å². The Balaban J connectivity index is 1.73. The molecule has 122 valence electrons. The average molecular weight is 312 g/mol. The molecule has 2 aromatic carbocycles. The quantitative estimate of drug-likeness (QED) is 0.790. The summed E-state index contributed by atoms with van der Waals surface area (Å²) in [6.07, 6.45) is 2.20.